The second-order valence-corrected chi connectivity index (χ2v) is 13.7. The normalized spacial score (nSPS) is 18.2. The van der Waals surface area contributed by atoms with Gasteiger partial charge in [-0.05, 0) is 30.0 Å². The third-order valence-corrected chi connectivity index (χ3v) is 10.4. The van der Waals surface area contributed by atoms with Crippen LogP contribution in [0.2, 0.25) is 10.0 Å². The van der Waals surface area contributed by atoms with Gasteiger partial charge < -0.3 is 20.7 Å². The van der Waals surface area contributed by atoms with E-state index in [0.29, 0.717) is 70.9 Å². The number of carbonyl (C=O) groups is 2. The van der Waals surface area contributed by atoms with Crippen LogP contribution in [0.3, 0.4) is 0 Å². The van der Waals surface area contributed by atoms with E-state index in [-0.39, 0.29) is 23.4 Å². The molecule has 7 rings (SSSR count). The molecule has 3 N–H and O–H groups in total. The van der Waals surface area contributed by atoms with Crippen LogP contribution in [-0.2, 0) is 22.7 Å². The molecule has 1 atom stereocenters. The average molecular weight is 697 g/mol. The van der Waals surface area contributed by atoms with Crippen LogP contribution in [0.1, 0.15) is 42.5 Å². The van der Waals surface area contributed by atoms with Gasteiger partial charge in [0.1, 0.15) is 5.69 Å². The molecule has 10 nitrogen and oxygen atoms in total. The maximum Gasteiger partial charge on any atom is 0.237 e. The van der Waals surface area contributed by atoms with Crippen molar-refractivity contribution in [3.8, 4) is 45.5 Å². The highest BCUT2D eigenvalue weighted by Gasteiger charge is 2.47. The van der Waals surface area contributed by atoms with Gasteiger partial charge in [0.2, 0.25) is 17.7 Å². The first kappa shape index (κ1) is 33.0. The number of aromatic nitrogens is 2. The number of halogens is 2. The van der Waals surface area contributed by atoms with Crippen LogP contribution in [0.5, 0.6) is 5.88 Å². The number of benzene rings is 3. The minimum Gasteiger partial charge on any atom is -0.480 e. The summed E-state index contributed by atoms with van der Waals surface area (Å²) < 4.78 is 5.58. The Kier molecular flexibility index (Phi) is 9.27. The Morgan fingerprint density at radius 3 is 2.43 bits per heavy atom. The molecule has 3 saturated heterocycles. The molecule has 3 aliphatic heterocycles. The van der Waals surface area contributed by atoms with Crippen LogP contribution in [0.4, 0.5) is 0 Å². The van der Waals surface area contributed by atoms with E-state index in [1.54, 1.807) is 13.3 Å². The number of hydrogen-bond donors (Lipinski definition) is 3. The Hall–Kier alpha value is -4.53. The zero-order valence-corrected chi connectivity index (χ0v) is 28.5. The molecule has 4 aromatic rings. The van der Waals surface area contributed by atoms with E-state index in [1.807, 2.05) is 54.6 Å². The van der Waals surface area contributed by atoms with E-state index in [9.17, 15) is 14.9 Å². The molecule has 12 heteroatoms. The van der Waals surface area contributed by atoms with Gasteiger partial charge >= 0.3 is 0 Å². The molecule has 4 heterocycles. The summed E-state index contributed by atoms with van der Waals surface area (Å²) in [7, 11) is 1.55. The van der Waals surface area contributed by atoms with Crippen LogP contribution in [-0.4, -0.2) is 65.0 Å². The molecule has 3 fully saturated rings. The number of nitrogens with zero attached hydrogens (tertiary/aromatic N) is 4. The maximum atomic E-state index is 11.7. The minimum atomic E-state index is -0.104. The number of carbonyl (C=O) groups excluding carboxylic acids is 2. The summed E-state index contributed by atoms with van der Waals surface area (Å²) in [4.78, 5) is 34.8. The number of hydrogen-bond acceptors (Lipinski definition) is 8. The van der Waals surface area contributed by atoms with Gasteiger partial charge in [-0.25, -0.2) is 4.98 Å². The summed E-state index contributed by atoms with van der Waals surface area (Å²) >= 11 is 14.1. The van der Waals surface area contributed by atoms with Crippen LogP contribution in [0.15, 0.2) is 60.8 Å². The lowest BCUT2D eigenvalue weighted by atomic mass is 9.87. The Morgan fingerprint density at radius 1 is 1.02 bits per heavy atom. The molecule has 0 radical (unpaired) electrons. The number of nitriles is 1. The molecule has 2 amide bonds. The lowest BCUT2D eigenvalue weighted by molar-refractivity contribution is -0.121. The number of amides is 2. The molecular formula is C37H35Cl2N7O3. The summed E-state index contributed by atoms with van der Waals surface area (Å²) in [6, 6.07) is 19.8. The van der Waals surface area contributed by atoms with Crippen LogP contribution < -0.4 is 20.7 Å². The summed E-state index contributed by atoms with van der Waals surface area (Å²) in [5.41, 5.74) is 6.41. The number of likely N-dealkylation sites (tertiary alicyclic amines) is 1. The minimum absolute atomic E-state index is 0.0806. The molecule has 0 aliphatic carbocycles. The lowest BCUT2D eigenvalue weighted by Crippen LogP contribution is -2.66. The molecular weight excluding hydrogens is 661 g/mol. The molecule has 3 aliphatic rings. The fourth-order valence-corrected chi connectivity index (χ4v) is 7.73. The Bertz CT molecular complexity index is 1990. The molecule has 3 aromatic carbocycles. The number of methoxy groups -OCH3 is 1. The molecule has 250 valence electrons. The second kappa shape index (κ2) is 13.8. The van der Waals surface area contributed by atoms with Crippen molar-refractivity contribution in [2.24, 2.45) is 0 Å². The lowest BCUT2D eigenvalue weighted by Gasteiger charge is -2.48. The number of ether oxygens (including phenoxy) is 1. The molecule has 1 aromatic heterocycles. The zero-order chi connectivity index (χ0) is 34.1. The summed E-state index contributed by atoms with van der Waals surface area (Å²) in [6.07, 6.45) is 4.49. The van der Waals surface area contributed by atoms with Crippen molar-refractivity contribution < 1.29 is 14.3 Å². The van der Waals surface area contributed by atoms with E-state index in [2.05, 4.69) is 31.9 Å². The van der Waals surface area contributed by atoms with Gasteiger partial charge in [0.05, 0.1) is 46.2 Å². The predicted octanol–water partition coefficient (Wildman–Crippen LogP) is 5.50. The highest BCUT2D eigenvalue weighted by Crippen LogP contribution is 2.42. The van der Waals surface area contributed by atoms with Crippen molar-refractivity contribution >= 4 is 35.0 Å². The summed E-state index contributed by atoms with van der Waals surface area (Å²) in [5, 5.41) is 20.4. The number of rotatable bonds is 10. The first-order valence-corrected chi connectivity index (χ1v) is 17.1. The molecule has 1 spiro atoms. The molecule has 0 bridgehead atoms. The predicted molar refractivity (Wildman–Crippen MR) is 188 cm³/mol. The van der Waals surface area contributed by atoms with Crippen LogP contribution >= 0.6 is 23.2 Å². The van der Waals surface area contributed by atoms with E-state index >= 15 is 0 Å². The van der Waals surface area contributed by atoms with Gasteiger partial charge in [-0.1, -0.05) is 71.7 Å². The van der Waals surface area contributed by atoms with E-state index in [0.717, 1.165) is 53.7 Å². The highest BCUT2D eigenvalue weighted by molar-refractivity contribution is 6.39. The first-order chi connectivity index (χ1) is 23.8. The third kappa shape index (κ3) is 6.72. The maximum absolute atomic E-state index is 11.7. The van der Waals surface area contributed by atoms with Crippen molar-refractivity contribution in [2.45, 2.75) is 50.4 Å². The molecule has 49 heavy (non-hydrogen) atoms. The van der Waals surface area contributed by atoms with Crippen LogP contribution in [0, 0.1) is 11.3 Å². The molecule has 0 saturated carbocycles. The smallest absolute Gasteiger partial charge is 0.237 e. The van der Waals surface area contributed by atoms with Gasteiger partial charge in [0, 0.05) is 73.9 Å². The SMILES string of the molecule is COc1nc(-c2cccc(-c3cccc(-c4ccc(CN5CC6(CCC(=O)N6)C5)c(C#N)c4)c3Cl)c2Cl)cnc1CNC[C@@H]1CCC(=O)N1. The Labute approximate surface area is 294 Å². The van der Waals surface area contributed by atoms with Gasteiger partial charge in [-0.2, -0.15) is 5.26 Å². The van der Waals surface area contributed by atoms with Crippen molar-refractivity contribution in [1.82, 2.24) is 30.8 Å². The average Bonchev–Trinajstić information content (AvgIpc) is 3.70. The fraction of sp³-hybridized carbons (Fsp3) is 0.324. The van der Waals surface area contributed by atoms with Gasteiger partial charge in [0.25, 0.3) is 0 Å². The quantitative estimate of drug-likeness (QED) is 0.198. The van der Waals surface area contributed by atoms with Crippen molar-refractivity contribution in [3.05, 3.63) is 87.7 Å². The van der Waals surface area contributed by atoms with Crippen LogP contribution in [0.25, 0.3) is 33.5 Å². The molecule has 0 unspecified atom stereocenters. The standard InChI is InChI=1S/C37H35Cl2N7O3/c1-49-36-31(17-41-16-25-10-11-32(47)43-25)42-18-30(44-36)29-7-3-6-28(35(29)39)27-5-2-4-26(34(27)38)22-8-9-23(24(14-22)15-40)19-46-20-37(21-46)13-12-33(48)45-37/h2-9,14,18,25,41H,10-13,16-17,19-21H2,1H3,(H,43,47)(H,45,48)/t25-/m0/s1. The summed E-state index contributed by atoms with van der Waals surface area (Å²) in [6.45, 7) is 3.30. The summed E-state index contributed by atoms with van der Waals surface area (Å²) in [5.74, 6) is 0.587. The van der Waals surface area contributed by atoms with Crippen molar-refractivity contribution in [2.75, 3.05) is 26.7 Å². The van der Waals surface area contributed by atoms with Gasteiger partial charge in [-0.15, -0.1) is 0 Å². The van der Waals surface area contributed by atoms with E-state index in [4.69, 9.17) is 32.9 Å². The zero-order valence-electron chi connectivity index (χ0n) is 27.0. The second-order valence-electron chi connectivity index (χ2n) is 12.9. The van der Waals surface area contributed by atoms with E-state index < -0.39 is 0 Å². The Balaban J connectivity index is 1.10. The van der Waals surface area contributed by atoms with E-state index in [1.165, 1.54) is 0 Å². The topological polar surface area (TPSA) is 132 Å². The van der Waals surface area contributed by atoms with Gasteiger partial charge in [0.15, 0.2) is 0 Å². The third-order valence-electron chi connectivity index (χ3n) is 9.56. The van der Waals surface area contributed by atoms with Gasteiger partial charge in [-0.3, -0.25) is 19.5 Å². The van der Waals surface area contributed by atoms with Crippen molar-refractivity contribution in [1.29, 1.82) is 5.26 Å². The van der Waals surface area contributed by atoms with Crippen molar-refractivity contribution in [3.63, 3.8) is 0 Å². The fourth-order valence-electron chi connectivity index (χ4n) is 7.07. The monoisotopic (exact) mass is 695 g/mol. The largest absolute Gasteiger partial charge is 0.480 e. The Morgan fingerprint density at radius 2 is 1.76 bits per heavy atom. The first-order valence-electron chi connectivity index (χ1n) is 16.3. The highest BCUT2D eigenvalue weighted by atomic mass is 35.5. The number of nitrogens with one attached hydrogen (secondary N) is 3.